The maximum atomic E-state index is 4.73. The molecule has 2 rings (SSSR count). The van der Waals surface area contributed by atoms with Crippen LogP contribution in [-0.4, -0.2) is 22.1 Å². The monoisotopic (exact) mass is 259 g/mol. The van der Waals surface area contributed by atoms with Crippen molar-refractivity contribution >= 4 is 11.0 Å². The van der Waals surface area contributed by atoms with Crippen LogP contribution in [-0.2, 0) is 13.0 Å². The lowest BCUT2D eigenvalue weighted by Gasteiger charge is -2.19. The third-order valence-corrected chi connectivity index (χ3v) is 3.63. The van der Waals surface area contributed by atoms with Gasteiger partial charge >= 0.3 is 0 Å². The highest BCUT2D eigenvalue weighted by atomic mass is 15.1. The molecule has 1 aromatic heterocycles. The summed E-state index contributed by atoms with van der Waals surface area (Å²) in [6, 6.07) is 8.97. The Labute approximate surface area is 116 Å². The molecular formula is C16H25N3. The van der Waals surface area contributed by atoms with E-state index < -0.39 is 0 Å². The number of fused-ring (bicyclic) bond motifs is 1. The van der Waals surface area contributed by atoms with Crippen LogP contribution < -0.4 is 5.32 Å². The second-order valence-electron chi connectivity index (χ2n) is 5.04. The SMILES string of the molecule is CCCNC(CC)Cn1c(CC)nc2ccccc21. The topological polar surface area (TPSA) is 29.9 Å². The Bertz CT molecular complexity index is 516. The van der Waals surface area contributed by atoms with Crippen LogP contribution >= 0.6 is 0 Å². The Hall–Kier alpha value is -1.35. The van der Waals surface area contributed by atoms with E-state index in [1.54, 1.807) is 0 Å². The number of imidazole rings is 1. The van der Waals surface area contributed by atoms with E-state index in [4.69, 9.17) is 4.98 Å². The minimum atomic E-state index is 0.530. The Kier molecular flexibility index (Phi) is 4.97. The van der Waals surface area contributed by atoms with Gasteiger partial charge in [-0.25, -0.2) is 4.98 Å². The van der Waals surface area contributed by atoms with Crippen molar-refractivity contribution in [1.82, 2.24) is 14.9 Å². The summed E-state index contributed by atoms with van der Waals surface area (Å²) in [4.78, 5) is 4.73. The van der Waals surface area contributed by atoms with Crippen LogP contribution in [0.3, 0.4) is 0 Å². The quantitative estimate of drug-likeness (QED) is 0.826. The van der Waals surface area contributed by atoms with Gasteiger partial charge in [-0.15, -0.1) is 0 Å². The fraction of sp³-hybridized carbons (Fsp3) is 0.562. The first kappa shape index (κ1) is 14.1. The van der Waals surface area contributed by atoms with Crippen LogP contribution in [0.5, 0.6) is 0 Å². The zero-order chi connectivity index (χ0) is 13.7. The fourth-order valence-corrected chi connectivity index (χ4v) is 2.51. The molecule has 3 nitrogen and oxygen atoms in total. The third-order valence-electron chi connectivity index (χ3n) is 3.63. The number of para-hydroxylation sites is 2. The highest BCUT2D eigenvalue weighted by Gasteiger charge is 2.12. The van der Waals surface area contributed by atoms with E-state index >= 15 is 0 Å². The molecule has 0 saturated carbocycles. The summed E-state index contributed by atoms with van der Waals surface area (Å²) in [5.41, 5.74) is 2.38. The first-order valence-electron chi connectivity index (χ1n) is 7.47. The maximum absolute atomic E-state index is 4.73. The molecule has 2 aromatic rings. The molecule has 0 spiro atoms. The van der Waals surface area contributed by atoms with Gasteiger partial charge in [0.05, 0.1) is 11.0 Å². The Morgan fingerprint density at radius 3 is 2.68 bits per heavy atom. The van der Waals surface area contributed by atoms with E-state index in [0.717, 1.165) is 31.4 Å². The molecule has 0 aliphatic rings. The highest BCUT2D eigenvalue weighted by molar-refractivity contribution is 5.75. The van der Waals surface area contributed by atoms with Gasteiger partial charge in [0.25, 0.3) is 0 Å². The minimum Gasteiger partial charge on any atom is -0.326 e. The van der Waals surface area contributed by atoms with Crippen LogP contribution in [0.4, 0.5) is 0 Å². The predicted molar refractivity (Wildman–Crippen MR) is 81.5 cm³/mol. The predicted octanol–water partition coefficient (Wildman–Crippen LogP) is 3.38. The molecule has 0 aliphatic carbocycles. The van der Waals surface area contributed by atoms with E-state index in [1.807, 2.05) is 0 Å². The lowest BCUT2D eigenvalue weighted by Crippen LogP contribution is -2.33. The number of nitrogens with one attached hydrogen (secondary N) is 1. The average molecular weight is 259 g/mol. The molecule has 0 bridgehead atoms. The molecule has 3 heteroatoms. The van der Waals surface area contributed by atoms with E-state index in [9.17, 15) is 0 Å². The molecule has 1 N–H and O–H groups in total. The zero-order valence-corrected chi connectivity index (χ0v) is 12.3. The summed E-state index contributed by atoms with van der Waals surface area (Å²) in [5, 5.41) is 3.62. The number of rotatable bonds is 7. The van der Waals surface area contributed by atoms with Crippen molar-refractivity contribution in [2.24, 2.45) is 0 Å². The van der Waals surface area contributed by atoms with Crippen molar-refractivity contribution in [1.29, 1.82) is 0 Å². The lowest BCUT2D eigenvalue weighted by molar-refractivity contribution is 0.436. The number of aryl methyl sites for hydroxylation is 1. The van der Waals surface area contributed by atoms with Gasteiger partial charge < -0.3 is 9.88 Å². The molecular weight excluding hydrogens is 234 g/mol. The molecule has 0 amide bonds. The molecule has 1 unspecified atom stereocenters. The molecule has 0 fully saturated rings. The van der Waals surface area contributed by atoms with Crippen molar-refractivity contribution in [2.75, 3.05) is 6.54 Å². The number of hydrogen-bond donors (Lipinski definition) is 1. The van der Waals surface area contributed by atoms with Crippen molar-refractivity contribution in [3.8, 4) is 0 Å². The zero-order valence-electron chi connectivity index (χ0n) is 12.3. The second-order valence-corrected chi connectivity index (χ2v) is 5.04. The molecule has 0 saturated heterocycles. The Balaban J connectivity index is 2.26. The highest BCUT2D eigenvalue weighted by Crippen LogP contribution is 2.17. The molecule has 1 aromatic carbocycles. The Morgan fingerprint density at radius 1 is 1.21 bits per heavy atom. The van der Waals surface area contributed by atoms with Gasteiger partial charge in [0.1, 0.15) is 5.82 Å². The van der Waals surface area contributed by atoms with E-state index in [0.29, 0.717) is 6.04 Å². The maximum Gasteiger partial charge on any atom is 0.109 e. The second kappa shape index (κ2) is 6.71. The van der Waals surface area contributed by atoms with Gasteiger partial charge in [-0.2, -0.15) is 0 Å². The van der Waals surface area contributed by atoms with E-state index in [-0.39, 0.29) is 0 Å². The number of aromatic nitrogens is 2. The van der Waals surface area contributed by atoms with E-state index in [2.05, 4.69) is 54.9 Å². The van der Waals surface area contributed by atoms with Crippen molar-refractivity contribution < 1.29 is 0 Å². The first-order valence-corrected chi connectivity index (χ1v) is 7.47. The van der Waals surface area contributed by atoms with Gasteiger partial charge in [-0.3, -0.25) is 0 Å². The summed E-state index contributed by atoms with van der Waals surface area (Å²) in [6.07, 6.45) is 3.32. The molecule has 104 valence electrons. The fourth-order valence-electron chi connectivity index (χ4n) is 2.51. The molecule has 19 heavy (non-hydrogen) atoms. The summed E-state index contributed by atoms with van der Waals surface area (Å²) in [6.45, 7) is 8.74. The number of benzene rings is 1. The van der Waals surface area contributed by atoms with Crippen LogP contribution in [0.1, 0.15) is 39.4 Å². The molecule has 1 atom stereocenters. The van der Waals surface area contributed by atoms with Crippen molar-refractivity contribution in [3.05, 3.63) is 30.1 Å². The molecule has 1 heterocycles. The summed E-state index contributed by atoms with van der Waals surface area (Å²) in [5.74, 6) is 1.19. The smallest absolute Gasteiger partial charge is 0.109 e. The van der Waals surface area contributed by atoms with Crippen molar-refractivity contribution in [2.45, 2.75) is 52.6 Å². The number of nitrogens with zero attached hydrogens (tertiary/aromatic N) is 2. The summed E-state index contributed by atoms with van der Waals surface area (Å²) in [7, 11) is 0. The molecule has 0 radical (unpaired) electrons. The van der Waals surface area contributed by atoms with E-state index in [1.165, 1.54) is 17.8 Å². The number of hydrogen-bond acceptors (Lipinski definition) is 2. The van der Waals surface area contributed by atoms with Crippen molar-refractivity contribution in [3.63, 3.8) is 0 Å². The van der Waals surface area contributed by atoms with Crippen LogP contribution in [0.25, 0.3) is 11.0 Å². The molecule has 0 aliphatic heterocycles. The minimum absolute atomic E-state index is 0.530. The third kappa shape index (κ3) is 3.16. The lowest BCUT2D eigenvalue weighted by atomic mass is 10.2. The first-order chi connectivity index (χ1) is 9.30. The van der Waals surface area contributed by atoms with Gasteiger partial charge in [-0.05, 0) is 31.5 Å². The van der Waals surface area contributed by atoms with Crippen LogP contribution in [0.2, 0.25) is 0 Å². The van der Waals surface area contributed by atoms with Gasteiger partial charge in [0.15, 0.2) is 0 Å². The van der Waals surface area contributed by atoms with Gasteiger partial charge in [0, 0.05) is 19.0 Å². The standard InChI is InChI=1S/C16H25N3/c1-4-11-17-13(5-2)12-19-15-10-8-7-9-14(15)18-16(19)6-3/h7-10,13,17H,4-6,11-12H2,1-3H3. The summed E-state index contributed by atoms with van der Waals surface area (Å²) >= 11 is 0. The van der Waals surface area contributed by atoms with Gasteiger partial charge in [-0.1, -0.05) is 32.9 Å². The normalized spacial score (nSPS) is 13.0. The Morgan fingerprint density at radius 2 is 2.00 bits per heavy atom. The van der Waals surface area contributed by atoms with Crippen LogP contribution in [0.15, 0.2) is 24.3 Å². The summed E-state index contributed by atoms with van der Waals surface area (Å²) < 4.78 is 2.38. The average Bonchev–Trinajstić information content (AvgIpc) is 2.81. The largest absolute Gasteiger partial charge is 0.326 e. The van der Waals surface area contributed by atoms with Gasteiger partial charge in [0.2, 0.25) is 0 Å². The van der Waals surface area contributed by atoms with Crippen LogP contribution in [0, 0.1) is 0 Å².